The Labute approximate surface area is 156 Å². The third kappa shape index (κ3) is 7.04. The van der Waals surface area contributed by atoms with Gasteiger partial charge in [-0.2, -0.15) is 0 Å². The molecule has 0 saturated heterocycles. The van der Waals surface area contributed by atoms with E-state index in [0.717, 1.165) is 12.8 Å². The molecule has 1 aliphatic rings. The maximum absolute atomic E-state index is 12.1. The third-order valence-electron chi connectivity index (χ3n) is 5.31. The molecule has 1 aliphatic carbocycles. The molecule has 0 aromatic carbocycles. The van der Waals surface area contributed by atoms with Crippen LogP contribution in [0.15, 0.2) is 24.3 Å². The van der Waals surface area contributed by atoms with Crippen molar-refractivity contribution in [1.82, 2.24) is 0 Å². The predicted octanol–water partition coefficient (Wildman–Crippen LogP) is 3.85. The summed E-state index contributed by atoms with van der Waals surface area (Å²) in [5.41, 5.74) is 0. The van der Waals surface area contributed by atoms with Gasteiger partial charge in [0, 0.05) is 18.3 Å². The van der Waals surface area contributed by atoms with Crippen molar-refractivity contribution in [2.45, 2.75) is 77.4 Å². The topological polar surface area (TPSA) is 94.8 Å². The van der Waals surface area contributed by atoms with Crippen molar-refractivity contribution in [3.05, 3.63) is 24.3 Å². The van der Waals surface area contributed by atoms with E-state index in [0.29, 0.717) is 12.8 Å². The normalized spacial score (nSPS) is 22.5. The number of allylic oxidation sites excluding steroid dienone is 4. The number of ketones is 1. The van der Waals surface area contributed by atoms with E-state index in [1.807, 2.05) is 6.08 Å². The van der Waals surface area contributed by atoms with Gasteiger partial charge in [0.1, 0.15) is 5.78 Å². The van der Waals surface area contributed by atoms with Crippen molar-refractivity contribution >= 4 is 11.8 Å². The quantitative estimate of drug-likeness (QED) is 0.277. The summed E-state index contributed by atoms with van der Waals surface area (Å²) in [5, 5.41) is 27.8. The van der Waals surface area contributed by atoms with Crippen LogP contribution in [0.5, 0.6) is 0 Å². The van der Waals surface area contributed by atoms with Gasteiger partial charge >= 0.3 is 5.97 Å². The molecule has 0 aromatic heterocycles. The maximum Gasteiger partial charge on any atom is 0.364 e. The van der Waals surface area contributed by atoms with Crippen molar-refractivity contribution in [1.29, 1.82) is 0 Å². The van der Waals surface area contributed by atoms with Crippen LogP contribution in [0.1, 0.15) is 71.6 Å². The number of hydrogen-bond acceptors (Lipinski definition) is 4. The van der Waals surface area contributed by atoms with Crippen LogP contribution in [0.4, 0.5) is 0 Å². The Kier molecular flexibility index (Phi) is 9.81. The van der Waals surface area contributed by atoms with Crippen LogP contribution in [0.2, 0.25) is 0 Å². The molecule has 1 rings (SSSR count). The van der Waals surface area contributed by atoms with Gasteiger partial charge in [0.05, 0.1) is 0 Å². The first-order valence-electron chi connectivity index (χ1n) is 9.83. The monoisotopic (exact) mass is 366 g/mol. The van der Waals surface area contributed by atoms with Crippen LogP contribution in [-0.2, 0) is 9.59 Å². The third-order valence-corrected chi connectivity index (χ3v) is 5.31. The van der Waals surface area contributed by atoms with E-state index >= 15 is 0 Å². The lowest BCUT2D eigenvalue weighted by atomic mass is 9.90. The first-order chi connectivity index (χ1) is 12.3. The van der Waals surface area contributed by atoms with Gasteiger partial charge in [0.2, 0.25) is 0 Å². The average molecular weight is 366 g/mol. The highest BCUT2D eigenvalue weighted by molar-refractivity contribution is 5.83. The summed E-state index contributed by atoms with van der Waals surface area (Å²) in [6.45, 7) is 3.67. The van der Waals surface area contributed by atoms with Gasteiger partial charge in [-0.3, -0.25) is 4.79 Å². The van der Waals surface area contributed by atoms with Gasteiger partial charge in [-0.25, -0.2) is 4.79 Å². The minimum Gasteiger partial charge on any atom is -0.477 e. The lowest BCUT2D eigenvalue weighted by molar-refractivity contribution is -0.219. The van der Waals surface area contributed by atoms with Crippen LogP contribution >= 0.6 is 0 Å². The summed E-state index contributed by atoms with van der Waals surface area (Å²) in [6.07, 6.45) is 16.4. The Morgan fingerprint density at radius 3 is 2.62 bits per heavy atom. The fourth-order valence-corrected chi connectivity index (χ4v) is 3.35. The van der Waals surface area contributed by atoms with E-state index in [2.05, 4.69) is 19.1 Å². The molecule has 3 atom stereocenters. The van der Waals surface area contributed by atoms with Gasteiger partial charge in [0.25, 0.3) is 5.79 Å². The first-order valence-corrected chi connectivity index (χ1v) is 9.83. The van der Waals surface area contributed by atoms with Crippen LogP contribution in [0.25, 0.3) is 0 Å². The zero-order chi connectivity index (χ0) is 19.6. The Bertz CT molecular complexity index is 507. The lowest BCUT2D eigenvalue weighted by Crippen LogP contribution is -2.44. The van der Waals surface area contributed by atoms with Gasteiger partial charge in [-0.05, 0) is 38.0 Å². The van der Waals surface area contributed by atoms with E-state index in [-0.39, 0.29) is 24.0 Å². The summed E-state index contributed by atoms with van der Waals surface area (Å²) < 4.78 is 0. The van der Waals surface area contributed by atoms with Gasteiger partial charge in [-0.1, -0.05) is 57.4 Å². The number of carbonyl (C=O) groups excluding carboxylic acids is 1. The predicted molar refractivity (Wildman–Crippen MR) is 101 cm³/mol. The molecule has 1 fully saturated rings. The smallest absolute Gasteiger partial charge is 0.364 e. The Balaban J connectivity index is 2.44. The van der Waals surface area contributed by atoms with Crippen molar-refractivity contribution in [3.63, 3.8) is 0 Å². The zero-order valence-electron chi connectivity index (χ0n) is 16.1. The summed E-state index contributed by atoms with van der Waals surface area (Å²) >= 11 is 0. The minimum absolute atomic E-state index is 0.0130. The molecule has 0 amide bonds. The Morgan fingerprint density at radius 2 is 1.96 bits per heavy atom. The number of aliphatic carboxylic acids is 1. The van der Waals surface area contributed by atoms with Crippen molar-refractivity contribution in [3.8, 4) is 0 Å². The summed E-state index contributed by atoms with van der Waals surface area (Å²) in [7, 11) is 0. The molecular weight excluding hydrogens is 332 g/mol. The summed E-state index contributed by atoms with van der Waals surface area (Å²) in [6, 6.07) is 0. The van der Waals surface area contributed by atoms with Crippen LogP contribution in [-0.4, -0.2) is 32.9 Å². The lowest BCUT2D eigenvalue weighted by Gasteiger charge is -2.22. The van der Waals surface area contributed by atoms with E-state index in [1.165, 1.54) is 32.6 Å². The van der Waals surface area contributed by atoms with Crippen molar-refractivity contribution < 1.29 is 24.9 Å². The second kappa shape index (κ2) is 11.3. The van der Waals surface area contributed by atoms with Gasteiger partial charge in [0.15, 0.2) is 0 Å². The van der Waals surface area contributed by atoms with Crippen LogP contribution < -0.4 is 0 Å². The summed E-state index contributed by atoms with van der Waals surface area (Å²) in [4.78, 5) is 22.9. The van der Waals surface area contributed by atoms with Crippen molar-refractivity contribution in [2.24, 2.45) is 17.8 Å². The van der Waals surface area contributed by atoms with Crippen LogP contribution in [0, 0.1) is 17.8 Å². The number of carboxylic acids is 1. The number of carboxylic acid groups (broad SMARTS) is 1. The molecule has 26 heavy (non-hydrogen) atoms. The molecule has 148 valence electrons. The number of hydrogen-bond donors (Lipinski definition) is 3. The van der Waals surface area contributed by atoms with E-state index < -0.39 is 17.7 Å². The van der Waals surface area contributed by atoms with Gasteiger partial charge in [-0.15, -0.1) is 0 Å². The molecule has 0 aromatic rings. The van der Waals surface area contributed by atoms with E-state index in [1.54, 1.807) is 6.08 Å². The Hall–Kier alpha value is -1.46. The number of unbranched alkanes of at least 4 members (excludes halogenated alkanes) is 4. The maximum atomic E-state index is 12.1. The fraction of sp³-hybridized carbons (Fsp3) is 0.714. The molecule has 0 aliphatic heterocycles. The fourth-order valence-electron chi connectivity index (χ4n) is 3.35. The molecular formula is C21H34O5. The van der Waals surface area contributed by atoms with Crippen LogP contribution in [0.3, 0.4) is 0 Å². The molecule has 0 bridgehead atoms. The number of carbonyl (C=O) groups is 2. The molecule has 3 N–H and O–H groups in total. The van der Waals surface area contributed by atoms with Gasteiger partial charge < -0.3 is 15.3 Å². The second-order valence-electron chi connectivity index (χ2n) is 7.43. The minimum atomic E-state index is -2.73. The van der Waals surface area contributed by atoms with Crippen molar-refractivity contribution in [2.75, 3.05) is 0 Å². The molecule has 1 saturated carbocycles. The summed E-state index contributed by atoms with van der Waals surface area (Å²) in [5.74, 6) is -4.64. The zero-order valence-corrected chi connectivity index (χ0v) is 16.1. The SMILES string of the molecule is CCCCCC/C=C/[C@H]1CCC(=O)[C@@H]1C/C=C\CC(C)C(O)(O)C(=O)O. The number of Topliss-reactive ketones (excluding diaryl/α,β-unsaturated/α-hetero) is 1. The molecule has 0 spiro atoms. The highest BCUT2D eigenvalue weighted by Gasteiger charge is 2.38. The Morgan fingerprint density at radius 1 is 1.23 bits per heavy atom. The van der Waals surface area contributed by atoms with E-state index in [9.17, 15) is 19.8 Å². The molecule has 0 heterocycles. The van der Waals surface area contributed by atoms with E-state index in [4.69, 9.17) is 5.11 Å². The number of rotatable bonds is 12. The highest BCUT2D eigenvalue weighted by Crippen LogP contribution is 2.33. The first kappa shape index (κ1) is 22.6. The molecule has 5 nitrogen and oxygen atoms in total. The average Bonchev–Trinajstić information content (AvgIpc) is 2.94. The molecule has 5 heteroatoms. The highest BCUT2D eigenvalue weighted by atomic mass is 16.5. The molecule has 0 radical (unpaired) electrons. The molecule has 1 unspecified atom stereocenters. The number of aliphatic hydroxyl groups is 2. The largest absolute Gasteiger partial charge is 0.477 e. The second-order valence-corrected chi connectivity index (χ2v) is 7.43. The standard InChI is InChI=1S/C21H34O5/c1-3-4-5-6-7-8-12-17-14-15-19(22)18(17)13-10-9-11-16(2)21(25,26)20(23)24/h8-10,12,16-18,25-26H,3-7,11,13-15H2,1-2H3,(H,23,24)/b10-9-,12-8+/t16?,17-,18+/m0/s1.